The number of fused-ring (bicyclic) bond motifs is 1. The first-order chi connectivity index (χ1) is 15.6. The van der Waals surface area contributed by atoms with Crippen molar-refractivity contribution in [2.45, 2.75) is 32.2 Å². The molecular formula is C22H19ClF2N6O2. The van der Waals surface area contributed by atoms with Crippen LogP contribution in [0.15, 0.2) is 24.3 Å². The van der Waals surface area contributed by atoms with Gasteiger partial charge in [0, 0.05) is 18.5 Å². The number of aryl methyl sites for hydroxylation is 1. The molecule has 0 amide bonds. The zero-order valence-electron chi connectivity index (χ0n) is 17.7. The fraction of sp³-hybridized carbons (Fsp3) is 0.318. The van der Waals surface area contributed by atoms with Gasteiger partial charge >= 0.3 is 5.97 Å². The van der Waals surface area contributed by atoms with Crippen LogP contribution < -0.4 is 10.2 Å². The Morgan fingerprint density at radius 3 is 2.73 bits per heavy atom. The minimum Gasteiger partial charge on any atom is -0.476 e. The smallest absolute Gasteiger partial charge is 0.356 e. The van der Waals surface area contributed by atoms with Crippen LogP contribution in [0.2, 0.25) is 5.15 Å². The number of aromatic nitrogens is 3. The van der Waals surface area contributed by atoms with Crippen LogP contribution in [0.25, 0.3) is 11.0 Å². The molecule has 4 rings (SSSR count). The monoisotopic (exact) mass is 472 g/mol. The SMILES string of the molecule is Cc1cc(C(C)Nc2ccc(Cl)nc2C(=O)O)c2nc(N3CCC(F)(F)C3)c(C#N)nc2c1. The van der Waals surface area contributed by atoms with Crippen molar-refractivity contribution in [2.75, 3.05) is 23.3 Å². The lowest BCUT2D eigenvalue weighted by molar-refractivity contribution is 0.0256. The number of carboxylic acid groups (broad SMARTS) is 1. The third-order valence-corrected chi connectivity index (χ3v) is 5.61. The first-order valence-electron chi connectivity index (χ1n) is 10.1. The van der Waals surface area contributed by atoms with Gasteiger partial charge in [-0.05, 0) is 37.6 Å². The summed E-state index contributed by atoms with van der Waals surface area (Å²) in [5, 5.41) is 22.2. The van der Waals surface area contributed by atoms with Crippen LogP contribution in [0.5, 0.6) is 0 Å². The molecule has 1 atom stereocenters. The number of carbonyl (C=O) groups is 1. The fourth-order valence-corrected chi connectivity index (χ4v) is 4.04. The summed E-state index contributed by atoms with van der Waals surface area (Å²) in [7, 11) is 0. The molecule has 2 aromatic heterocycles. The van der Waals surface area contributed by atoms with Crippen LogP contribution in [0.3, 0.4) is 0 Å². The highest BCUT2D eigenvalue weighted by Crippen LogP contribution is 2.34. The number of hydrogen-bond donors (Lipinski definition) is 2. The van der Waals surface area contributed by atoms with Gasteiger partial charge in [-0.15, -0.1) is 0 Å². The molecule has 170 valence electrons. The Morgan fingerprint density at radius 2 is 2.09 bits per heavy atom. The number of rotatable bonds is 5. The summed E-state index contributed by atoms with van der Waals surface area (Å²) in [5.41, 5.74) is 2.39. The molecule has 11 heteroatoms. The van der Waals surface area contributed by atoms with Crippen LogP contribution in [-0.4, -0.2) is 45.0 Å². The maximum atomic E-state index is 13.8. The van der Waals surface area contributed by atoms with E-state index in [4.69, 9.17) is 11.6 Å². The van der Waals surface area contributed by atoms with Gasteiger partial charge in [0.1, 0.15) is 11.2 Å². The molecule has 3 heterocycles. The number of carboxylic acids is 1. The Morgan fingerprint density at radius 1 is 1.33 bits per heavy atom. The van der Waals surface area contributed by atoms with Crippen molar-refractivity contribution in [3.05, 3.63) is 51.9 Å². The van der Waals surface area contributed by atoms with Crippen molar-refractivity contribution in [1.29, 1.82) is 5.26 Å². The fourth-order valence-electron chi connectivity index (χ4n) is 3.89. The van der Waals surface area contributed by atoms with E-state index in [9.17, 15) is 23.9 Å². The van der Waals surface area contributed by atoms with E-state index < -0.39 is 24.5 Å². The zero-order chi connectivity index (χ0) is 23.9. The molecule has 1 saturated heterocycles. The van der Waals surface area contributed by atoms with E-state index in [-0.39, 0.29) is 41.0 Å². The number of nitriles is 1. The summed E-state index contributed by atoms with van der Waals surface area (Å²) in [4.78, 5) is 25.8. The third-order valence-electron chi connectivity index (χ3n) is 5.40. The predicted octanol–water partition coefficient (Wildman–Crippen LogP) is 4.58. The lowest BCUT2D eigenvalue weighted by atomic mass is 10.0. The number of nitrogens with one attached hydrogen (secondary N) is 1. The number of hydrogen-bond acceptors (Lipinski definition) is 7. The standard InChI is InChI=1S/C22H19ClF2N6O2/c1-11-7-13(12(2)27-14-3-4-17(23)29-19(14)21(32)33)18-15(8-11)28-16(9-26)20(30-18)31-6-5-22(24,25)10-31/h3-4,7-8,12,27H,5-6,10H2,1-2H3,(H,32,33). The highest BCUT2D eigenvalue weighted by Gasteiger charge is 2.40. The van der Waals surface area contributed by atoms with E-state index in [2.05, 4.69) is 20.3 Å². The highest BCUT2D eigenvalue weighted by atomic mass is 35.5. The summed E-state index contributed by atoms with van der Waals surface area (Å²) >= 11 is 5.84. The van der Waals surface area contributed by atoms with E-state index in [1.54, 1.807) is 13.0 Å². The second-order valence-electron chi connectivity index (χ2n) is 7.96. The van der Waals surface area contributed by atoms with Crippen molar-refractivity contribution in [2.24, 2.45) is 0 Å². The number of anilines is 2. The molecule has 0 aliphatic carbocycles. The van der Waals surface area contributed by atoms with Crippen molar-refractivity contribution in [3.8, 4) is 6.07 Å². The molecular weight excluding hydrogens is 454 g/mol. The van der Waals surface area contributed by atoms with Crippen molar-refractivity contribution < 1.29 is 18.7 Å². The first kappa shape index (κ1) is 22.6. The molecule has 1 fully saturated rings. The summed E-state index contributed by atoms with van der Waals surface area (Å²) < 4.78 is 27.6. The Kier molecular flexibility index (Phi) is 5.76. The van der Waals surface area contributed by atoms with Crippen LogP contribution in [0.4, 0.5) is 20.3 Å². The maximum absolute atomic E-state index is 13.8. The van der Waals surface area contributed by atoms with Crippen LogP contribution in [0.1, 0.15) is 46.7 Å². The normalized spacial score (nSPS) is 15.9. The number of pyridine rings is 1. The largest absolute Gasteiger partial charge is 0.476 e. The second kappa shape index (κ2) is 8.41. The van der Waals surface area contributed by atoms with Gasteiger partial charge < -0.3 is 15.3 Å². The number of nitrogens with zero attached hydrogens (tertiary/aromatic N) is 5. The maximum Gasteiger partial charge on any atom is 0.356 e. The molecule has 0 spiro atoms. The predicted molar refractivity (Wildman–Crippen MR) is 119 cm³/mol. The van der Waals surface area contributed by atoms with E-state index in [1.165, 1.54) is 17.0 Å². The van der Waals surface area contributed by atoms with Crippen molar-refractivity contribution in [3.63, 3.8) is 0 Å². The lowest BCUT2D eigenvalue weighted by Gasteiger charge is -2.22. The van der Waals surface area contributed by atoms with Gasteiger partial charge in [0.2, 0.25) is 0 Å². The average Bonchev–Trinajstić information content (AvgIpc) is 3.12. The van der Waals surface area contributed by atoms with E-state index in [0.717, 1.165) is 5.56 Å². The van der Waals surface area contributed by atoms with Crippen LogP contribution in [-0.2, 0) is 0 Å². The van der Waals surface area contributed by atoms with Gasteiger partial charge in [-0.1, -0.05) is 17.7 Å². The Balaban J connectivity index is 1.80. The van der Waals surface area contributed by atoms with Gasteiger partial charge in [-0.25, -0.2) is 28.5 Å². The number of benzene rings is 1. The molecule has 0 radical (unpaired) electrons. The summed E-state index contributed by atoms with van der Waals surface area (Å²) in [6, 6.07) is 8.11. The summed E-state index contributed by atoms with van der Waals surface area (Å²) in [6.45, 7) is 3.19. The third kappa shape index (κ3) is 4.50. The first-order valence-corrected chi connectivity index (χ1v) is 10.5. The topological polar surface area (TPSA) is 115 Å². The molecule has 8 nitrogen and oxygen atoms in total. The Bertz CT molecular complexity index is 1310. The molecule has 33 heavy (non-hydrogen) atoms. The number of aromatic carboxylic acids is 1. The van der Waals surface area contributed by atoms with Gasteiger partial charge in [-0.2, -0.15) is 5.26 Å². The van der Waals surface area contributed by atoms with Crippen molar-refractivity contribution in [1.82, 2.24) is 15.0 Å². The molecule has 0 bridgehead atoms. The Labute approximate surface area is 192 Å². The van der Waals surface area contributed by atoms with E-state index in [0.29, 0.717) is 16.6 Å². The average molecular weight is 473 g/mol. The van der Waals surface area contributed by atoms with Gasteiger partial charge in [-0.3, -0.25) is 0 Å². The molecule has 1 aliphatic rings. The lowest BCUT2D eigenvalue weighted by Crippen LogP contribution is -2.26. The zero-order valence-corrected chi connectivity index (χ0v) is 18.5. The van der Waals surface area contributed by atoms with Gasteiger partial charge in [0.25, 0.3) is 5.92 Å². The molecule has 3 aromatic rings. The van der Waals surface area contributed by atoms with Crippen LogP contribution in [0, 0.1) is 18.3 Å². The summed E-state index contributed by atoms with van der Waals surface area (Å²) in [6.07, 6.45) is -0.322. The van der Waals surface area contributed by atoms with Gasteiger partial charge in [0.05, 0.1) is 29.3 Å². The molecule has 1 aromatic carbocycles. The minimum atomic E-state index is -2.86. The second-order valence-corrected chi connectivity index (χ2v) is 8.35. The molecule has 0 saturated carbocycles. The molecule has 1 unspecified atom stereocenters. The Hall–Kier alpha value is -3.58. The van der Waals surface area contributed by atoms with E-state index >= 15 is 0 Å². The molecule has 1 aliphatic heterocycles. The number of halogens is 3. The molecule has 2 N–H and O–H groups in total. The number of alkyl halides is 2. The minimum absolute atomic E-state index is 0.0209. The van der Waals surface area contributed by atoms with Crippen LogP contribution >= 0.6 is 11.6 Å². The summed E-state index contributed by atoms with van der Waals surface area (Å²) in [5.74, 6) is -3.99. The van der Waals surface area contributed by atoms with Crippen molar-refractivity contribution >= 4 is 40.1 Å². The van der Waals surface area contributed by atoms with Gasteiger partial charge in [0.15, 0.2) is 17.2 Å². The quantitative estimate of drug-likeness (QED) is 0.519. The highest BCUT2D eigenvalue weighted by molar-refractivity contribution is 6.29. The van der Waals surface area contributed by atoms with E-state index in [1.807, 2.05) is 19.1 Å².